The van der Waals surface area contributed by atoms with Crippen LogP contribution in [0.1, 0.15) is 29.5 Å². The van der Waals surface area contributed by atoms with Gasteiger partial charge in [0.25, 0.3) is 0 Å². The third kappa shape index (κ3) is 4.30. The van der Waals surface area contributed by atoms with Crippen LogP contribution < -0.4 is 29.4 Å². The van der Waals surface area contributed by atoms with Gasteiger partial charge in [0.05, 0.1) is 16.1 Å². The summed E-state index contributed by atoms with van der Waals surface area (Å²) in [6.07, 6.45) is 0. The summed E-state index contributed by atoms with van der Waals surface area (Å²) in [5.74, 6) is 1.75. The largest absolute Gasteiger partial charge is 0.490 e. The van der Waals surface area contributed by atoms with Crippen molar-refractivity contribution in [3.8, 4) is 34.8 Å². The third-order valence-electron chi connectivity index (χ3n) is 5.71. The molecule has 178 valence electrons. The molecule has 2 N–H and O–H groups in total. The normalized spacial score (nSPS) is 15.8. The van der Waals surface area contributed by atoms with Gasteiger partial charge in [0, 0.05) is 17.2 Å². The summed E-state index contributed by atoms with van der Waals surface area (Å²) in [7, 11) is 0. The van der Waals surface area contributed by atoms with Crippen molar-refractivity contribution < 1.29 is 28.1 Å². The molecule has 3 aromatic rings. The molecule has 0 saturated heterocycles. The summed E-state index contributed by atoms with van der Waals surface area (Å²) in [6.45, 7) is 2.41. The average Bonchev–Trinajstić information content (AvgIpc) is 3.30. The summed E-state index contributed by atoms with van der Waals surface area (Å²) in [5, 5.41) is 9.93. The predicted octanol–water partition coefficient (Wildman–Crippen LogP) is 5.35. The quantitative estimate of drug-likeness (QED) is 0.389. The highest BCUT2D eigenvalue weighted by atomic mass is 127. The first-order valence-corrected chi connectivity index (χ1v) is 11.9. The standard InChI is InChI=1S/C26H20FIN2O5/c1-2-31-23-8-15(7-19(28)25(23)32-12-14-5-3-4-6-18(14)27)24-16-9-21-22(34-13-33-21)10-20(16)35-26(30)17(24)11-29/h3-10,24H,2,12-13,30H2,1H3/t24-/m0/s1. The summed E-state index contributed by atoms with van der Waals surface area (Å²) in [5.41, 5.74) is 8.33. The molecule has 3 aromatic carbocycles. The first-order valence-electron chi connectivity index (χ1n) is 10.8. The van der Waals surface area contributed by atoms with Crippen LogP contribution in [0.2, 0.25) is 0 Å². The van der Waals surface area contributed by atoms with Gasteiger partial charge in [0.1, 0.15) is 29.8 Å². The topological polar surface area (TPSA) is 96.0 Å². The molecular weight excluding hydrogens is 566 g/mol. The molecule has 7 nitrogen and oxygen atoms in total. The van der Waals surface area contributed by atoms with E-state index in [4.69, 9.17) is 29.4 Å². The second-order valence-corrected chi connectivity index (χ2v) is 8.97. The Labute approximate surface area is 214 Å². The van der Waals surface area contributed by atoms with Crippen molar-refractivity contribution in [3.63, 3.8) is 0 Å². The van der Waals surface area contributed by atoms with Gasteiger partial charge in [0.2, 0.25) is 12.7 Å². The molecule has 35 heavy (non-hydrogen) atoms. The second-order valence-electron chi connectivity index (χ2n) is 7.81. The van der Waals surface area contributed by atoms with E-state index in [2.05, 4.69) is 28.7 Å². The van der Waals surface area contributed by atoms with Crippen molar-refractivity contribution in [1.82, 2.24) is 0 Å². The maximum Gasteiger partial charge on any atom is 0.231 e. The summed E-state index contributed by atoms with van der Waals surface area (Å²) in [6, 6.07) is 15.9. The molecule has 0 aliphatic carbocycles. The molecule has 0 aromatic heterocycles. The van der Waals surface area contributed by atoms with Gasteiger partial charge in [-0.3, -0.25) is 0 Å². The fourth-order valence-electron chi connectivity index (χ4n) is 4.11. The number of fused-ring (bicyclic) bond motifs is 2. The molecule has 2 aliphatic rings. The molecule has 2 aliphatic heterocycles. The van der Waals surface area contributed by atoms with Gasteiger partial charge in [-0.15, -0.1) is 0 Å². The van der Waals surface area contributed by atoms with E-state index >= 15 is 0 Å². The minimum absolute atomic E-state index is 0.0247. The molecule has 0 amide bonds. The number of nitriles is 1. The van der Waals surface area contributed by atoms with Crippen molar-refractivity contribution in [2.75, 3.05) is 13.4 Å². The molecule has 5 rings (SSSR count). The fraction of sp³-hybridized carbons (Fsp3) is 0.192. The molecule has 9 heteroatoms. The number of nitrogens with two attached hydrogens (primary N) is 1. The van der Waals surface area contributed by atoms with Gasteiger partial charge in [-0.25, -0.2) is 4.39 Å². The molecule has 0 spiro atoms. The van der Waals surface area contributed by atoms with E-state index in [1.54, 1.807) is 24.3 Å². The molecular formula is C26H20FIN2O5. The summed E-state index contributed by atoms with van der Waals surface area (Å²) < 4.78 is 43.5. The lowest BCUT2D eigenvalue weighted by atomic mass is 9.83. The van der Waals surface area contributed by atoms with Gasteiger partial charge >= 0.3 is 0 Å². The van der Waals surface area contributed by atoms with Crippen LogP contribution in [-0.2, 0) is 6.61 Å². The van der Waals surface area contributed by atoms with E-state index < -0.39 is 5.92 Å². The zero-order valence-electron chi connectivity index (χ0n) is 18.6. The van der Waals surface area contributed by atoms with Crippen molar-refractivity contribution >= 4 is 22.6 Å². The van der Waals surface area contributed by atoms with Gasteiger partial charge in [-0.05, 0) is 59.3 Å². The molecule has 0 saturated carbocycles. The fourth-order valence-corrected chi connectivity index (χ4v) is 4.89. The van der Waals surface area contributed by atoms with Crippen LogP contribution in [0, 0.1) is 20.7 Å². The van der Waals surface area contributed by atoms with Crippen LogP contribution in [0.15, 0.2) is 60.0 Å². The Morgan fingerprint density at radius 2 is 1.89 bits per heavy atom. The Bertz CT molecular complexity index is 1380. The lowest BCUT2D eigenvalue weighted by Crippen LogP contribution is -2.21. The minimum atomic E-state index is -0.522. The zero-order valence-corrected chi connectivity index (χ0v) is 20.8. The monoisotopic (exact) mass is 586 g/mol. The van der Waals surface area contributed by atoms with E-state index in [9.17, 15) is 9.65 Å². The first-order chi connectivity index (χ1) is 17.0. The van der Waals surface area contributed by atoms with Crippen LogP contribution in [0.4, 0.5) is 4.39 Å². The molecule has 0 fully saturated rings. The lowest BCUT2D eigenvalue weighted by Gasteiger charge is -2.27. The number of ether oxygens (including phenoxy) is 5. The van der Waals surface area contributed by atoms with Gasteiger partial charge in [0.15, 0.2) is 23.0 Å². The Morgan fingerprint density at radius 1 is 1.11 bits per heavy atom. The van der Waals surface area contributed by atoms with Crippen LogP contribution in [0.25, 0.3) is 0 Å². The zero-order chi connectivity index (χ0) is 24.5. The van der Waals surface area contributed by atoms with Crippen LogP contribution in [-0.4, -0.2) is 13.4 Å². The average molecular weight is 586 g/mol. The number of nitrogens with zero attached hydrogens (tertiary/aromatic N) is 1. The number of allylic oxidation sites excluding steroid dienone is 1. The Hall–Kier alpha value is -3.65. The van der Waals surface area contributed by atoms with Crippen molar-refractivity contribution in [2.45, 2.75) is 19.4 Å². The number of hydrogen-bond acceptors (Lipinski definition) is 7. The van der Waals surface area contributed by atoms with Gasteiger partial charge in [-0.2, -0.15) is 5.26 Å². The molecule has 0 bridgehead atoms. The Balaban J connectivity index is 1.58. The van der Waals surface area contributed by atoms with E-state index in [1.807, 2.05) is 25.1 Å². The molecule has 0 unspecified atom stereocenters. The highest BCUT2D eigenvalue weighted by Gasteiger charge is 2.34. The molecule has 2 heterocycles. The van der Waals surface area contributed by atoms with Gasteiger partial charge in [-0.1, -0.05) is 18.2 Å². The van der Waals surface area contributed by atoms with Crippen molar-refractivity contribution in [1.29, 1.82) is 5.26 Å². The first kappa shape index (κ1) is 23.1. The molecule has 0 radical (unpaired) electrons. The molecule has 1 atom stereocenters. The highest BCUT2D eigenvalue weighted by Crippen LogP contribution is 2.49. The summed E-state index contributed by atoms with van der Waals surface area (Å²) in [4.78, 5) is 0. The predicted molar refractivity (Wildman–Crippen MR) is 133 cm³/mol. The van der Waals surface area contributed by atoms with E-state index in [1.165, 1.54) is 6.07 Å². The SMILES string of the molecule is CCOc1cc([C@@H]2C(C#N)=C(N)Oc3cc4c(cc32)OCO4)cc(I)c1OCc1ccccc1F. The van der Waals surface area contributed by atoms with Crippen LogP contribution >= 0.6 is 22.6 Å². The summed E-state index contributed by atoms with van der Waals surface area (Å²) >= 11 is 2.15. The number of rotatable bonds is 6. The smallest absolute Gasteiger partial charge is 0.231 e. The Morgan fingerprint density at radius 3 is 2.63 bits per heavy atom. The highest BCUT2D eigenvalue weighted by molar-refractivity contribution is 14.1. The van der Waals surface area contributed by atoms with E-state index in [-0.39, 0.29) is 30.7 Å². The van der Waals surface area contributed by atoms with Crippen molar-refractivity contribution in [3.05, 3.63) is 86.1 Å². The lowest BCUT2D eigenvalue weighted by molar-refractivity contribution is 0.174. The number of hydrogen-bond donors (Lipinski definition) is 1. The van der Waals surface area contributed by atoms with Gasteiger partial charge < -0.3 is 29.4 Å². The maximum atomic E-state index is 14.1. The van der Waals surface area contributed by atoms with Crippen molar-refractivity contribution in [2.24, 2.45) is 5.73 Å². The van der Waals surface area contributed by atoms with E-state index in [0.29, 0.717) is 40.9 Å². The minimum Gasteiger partial charge on any atom is -0.490 e. The second kappa shape index (κ2) is 9.54. The Kier molecular flexibility index (Phi) is 6.30. The van der Waals surface area contributed by atoms with E-state index in [0.717, 1.165) is 14.7 Å². The number of benzene rings is 3. The maximum absolute atomic E-state index is 14.1. The third-order valence-corrected chi connectivity index (χ3v) is 6.51. The number of halogens is 2. The van der Waals surface area contributed by atoms with Crippen LogP contribution in [0.3, 0.4) is 0 Å². The van der Waals surface area contributed by atoms with Crippen LogP contribution in [0.5, 0.6) is 28.7 Å².